The number of esters is 1. The minimum absolute atomic E-state index is 0.0955. The molecule has 1 rings (SSSR count). The summed E-state index contributed by atoms with van der Waals surface area (Å²) in [7, 11) is -2.32. The quantitative estimate of drug-likeness (QED) is 0.312. The largest absolute Gasteiger partial charge is 0.465 e. The molecule has 0 amide bonds. The molecule has 0 atom stereocenters. The fourth-order valence-electron chi connectivity index (χ4n) is 1.87. The van der Waals surface area contributed by atoms with Crippen molar-refractivity contribution in [3.05, 3.63) is 39.4 Å². The van der Waals surface area contributed by atoms with Crippen LogP contribution in [0.2, 0.25) is 0 Å². The minimum Gasteiger partial charge on any atom is -0.465 e. The zero-order chi connectivity index (χ0) is 16.8. The highest BCUT2D eigenvalue weighted by atomic mass is 31.2. The highest BCUT2D eigenvalue weighted by Gasteiger charge is 2.29. The van der Waals surface area contributed by atoms with Crippen LogP contribution in [0.5, 0.6) is 0 Å². The van der Waals surface area contributed by atoms with Gasteiger partial charge >= 0.3 is 13.6 Å². The van der Waals surface area contributed by atoms with Crippen LogP contribution >= 0.6 is 7.60 Å². The summed E-state index contributed by atoms with van der Waals surface area (Å²) in [6.07, 6.45) is -0.296. The Morgan fingerprint density at radius 2 is 1.86 bits per heavy atom. The molecule has 0 aliphatic carbocycles. The van der Waals surface area contributed by atoms with Crippen LogP contribution in [0.4, 0.5) is 5.69 Å². The summed E-state index contributed by atoms with van der Waals surface area (Å²) >= 11 is 0. The molecule has 0 heterocycles. The van der Waals surface area contributed by atoms with E-state index in [4.69, 9.17) is 9.05 Å². The van der Waals surface area contributed by atoms with Gasteiger partial charge in [0.05, 0.1) is 37.0 Å². The van der Waals surface area contributed by atoms with E-state index in [1.807, 2.05) is 0 Å². The van der Waals surface area contributed by atoms with Gasteiger partial charge in [-0.15, -0.1) is 0 Å². The first kappa shape index (κ1) is 18.3. The summed E-state index contributed by atoms with van der Waals surface area (Å²) in [5.74, 6) is -0.640. The van der Waals surface area contributed by atoms with Gasteiger partial charge in [-0.25, -0.2) is 4.79 Å². The molecule has 8 nitrogen and oxygen atoms in total. The maximum Gasteiger partial charge on any atom is 0.337 e. The molecule has 1 aromatic carbocycles. The number of methoxy groups -OCH3 is 1. The van der Waals surface area contributed by atoms with Crippen LogP contribution in [0.25, 0.3) is 0 Å². The van der Waals surface area contributed by atoms with Crippen molar-refractivity contribution < 1.29 is 28.1 Å². The zero-order valence-electron chi connectivity index (χ0n) is 12.6. The van der Waals surface area contributed by atoms with E-state index in [0.29, 0.717) is 0 Å². The van der Waals surface area contributed by atoms with Gasteiger partial charge in [-0.2, -0.15) is 0 Å². The molecule has 0 aromatic heterocycles. The van der Waals surface area contributed by atoms with Crippen LogP contribution < -0.4 is 0 Å². The van der Waals surface area contributed by atoms with E-state index in [9.17, 15) is 19.5 Å². The Balaban J connectivity index is 3.26. The van der Waals surface area contributed by atoms with E-state index < -0.39 is 18.5 Å². The van der Waals surface area contributed by atoms with E-state index in [-0.39, 0.29) is 36.2 Å². The van der Waals surface area contributed by atoms with Gasteiger partial charge < -0.3 is 13.8 Å². The average molecular weight is 331 g/mol. The molecule has 0 aliphatic heterocycles. The van der Waals surface area contributed by atoms with Crippen LogP contribution in [0, 0.1) is 10.1 Å². The zero-order valence-corrected chi connectivity index (χ0v) is 13.5. The third kappa shape index (κ3) is 4.62. The van der Waals surface area contributed by atoms with E-state index in [2.05, 4.69) is 4.74 Å². The second kappa shape index (κ2) is 8.03. The summed E-state index contributed by atoms with van der Waals surface area (Å²) < 4.78 is 27.4. The molecule has 0 saturated heterocycles. The van der Waals surface area contributed by atoms with Gasteiger partial charge in [0, 0.05) is 11.6 Å². The predicted octanol–water partition coefficient (Wildman–Crippen LogP) is 3.15. The van der Waals surface area contributed by atoms with Crippen molar-refractivity contribution in [2.45, 2.75) is 20.0 Å². The van der Waals surface area contributed by atoms with E-state index in [1.54, 1.807) is 13.8 Å². The number of nitro groups is 1. The van der Waals surface area contributed by atoms with Crippen LogP contribution in [0.1, 0.15) is 29.8 Å². The van der Waals surface area contributed by atoms with Gasteiger partial charge in [0.1, 0.15) is 0 Å². The van der Waals surface area contributed by atoms with Crippen LogP contribution in [-0.2, 0) is 24.5 Å². The van der Waals surface area contributed by atoms with Crippen LogP contribution in [-0.4, -0.2) is 31.2 Å². The van der Waals surface area contributed by atoms with Gasteiger partial charge in [-0.05, 0) is 26.0 Å². The lowest BCUT2D eigenvalue weighted by Crippen LogP contribution is -2.06. The molecule has 0 saturated carbocycles. The van der Waals surface area contributed by atoms with Crippen molar-refractivity contribution in [3.63, 3.8) is 0 Å². The number of carbonyl (C=O) groups excluding carboxylic acids is 1. The first-order chi connectivity index (χ1) is 10.4. The average Bonchev–Trinajstić information content (AvgIpc) is 2.46. The Labute approximate surface area is 128 Å². The Morgan fingerprint density at radius 1 is 1.27 bits per heavy atom. The molecule has 22 heavy (non-hydrogen) atoms. The molecule has 0 aliphatic rings. The number of carbonyl (C=O) groups is 1. The maximum atomic E-state index is 12.5. The Morgan fingerprint density at radius 3 is 2.32 bits per heavy atom. The van der Waals surface area contributed by atoms with Crippen molar-refractivity contribution in [2.75, 3.05) is 20.3 Å². The third-order valence-electron chi connectivity index (χ3n) is 2.71. The molecule has 0 N–H and O–H groups in total. The second-order valence-corrected chi connectivity index (χ2v) is 6.25. The van der Waals surface area contributed by atoms with Crippen LogP contribution in [0.15, 0.2) is 18.2 Å². The van der Waals surface area contributed by atoms with Gasteiger partial charge in [0.2, 0.25) is 0 Å². The van der Waals surface area contributed by atoms with Crippen molar-refractivity contribution in [2.24, 2.45) is 0 Å². The number of ether oxygens (including phenoxy) is 1. The molecular formula is C13H18NO7P. The summed E-state index contributed by atoms with van der Waals surface area (Å²) in [5.41, 5.74) is -0.0342. The monoisotopic (exact) mass is 331 g/mol. The molecule has 122 valence electrons. The molecule has 0 unspecified atom stereocenters. The third-order valence-corrected chi connectivity index (χ3v) is 4.74. The molecule has 9 heteroatoms. The van der Waals surface area contributed by atoms with Gasteiger partial charge in [0.15, 0.2) is 0 Å². The fraction of sp³-hybridized carbons (Fsp3) is 0.462. The van der Waals surface area contributed by atoms with E-state index in [1.165, 1.54) is 25.3 Å². The Hall–Kier alpha value is -1.76. The Kier molecular flexibility index (Phi) is 6.67. The lowest BCUT2D eigenvalue weighted by Gasteiger charge is -2.17. The number of nitrogens with zero attached hydrogens (tertiary/aromatic N) is 1. The first-order valence-electron chi connectivity index (χ1n) is 6.60. The Bertz CT molecular complexity index is 592. The smallest absolute Gasteiger partial charge is 0.337 e. The van der Waals surface area contributed by atoms with Gasteiger partial charge in [-0.3, -0.25) is 14.7 Å². The summed E-state index contributed by atoms with van der Waals surface area (Å²) in [6, 6.07) is 3.72. The molecule has 1 aromatic rings. The van der Waals surface area contributed by atoms with E-state index >= 15 is 0 Å². The highest BCUT2D eigenvalue weighted by molar-refractivity contribution is 7.53. The van der Waals surface area contributed by atoms with Gasteiger partial charge in [0.25, 0.3) is 5.69 Å². The second-order valence-electron chi connectivity index (χ2n) is 4.20. The number of nitro benzene ring substituents is 1. The summed E-state index contributed by atoms with van der Waals surface area (Å²) in [5, 5.41) is 11.1. The normalized spacial score (nSPS) is 11.2. The molecule has 0 fully saturated rings. The van der Waals surface area contributed by atoms with Crippen molar-refractivity contribution in [3.8, 4) is 0 Å². The summed E-state index contributed by atoms with van der Waals surface area (Å²) in [4.78, 5) is 22.0. The lowest BCUT2D eigenvalue weighted by molar-refractivity contribution is -0.385. The molecule has 0 radical (unpaired) electrons. The standard InChI is InChI=1S/C13H18NO7P/c1-4-20-22(18,21-5-2)9-11-8-10(13(15)19-3)6-7-12(11)14(16)17/h6-8H,4-5,9H2,1-3H3. The summed E-state index contributed by atoms with van der Waals surface area (Å²) in [6.45, 7) is 3.57. The molecular weight excluding hydrogens is 313 g/mol. The van der Waals surface area contributed by atoms with Crippen molar-refractivity contribution in [1.29, 1.82) is 0 Å². The van der Waals surface area contributed by atoms with E-state index in [0.717, 1.165) is 0 Å². The molecule has 0 spiro atoms. The first-order valence-corrected chi connectivity index (χ1v) is 8.33. The number of rotatable bonds is 8. The lowest BCUT2D eigenvalue weighted by atomic mass is 10.1. The minimum atomic E-state index is -3.52. The number of hydrogen-bond donors (Lipinski definition) is 0. The highest BCUT2D eigenvalue weighted by Crippen LogP contribution is 2.52. The van der Waals surface area contributed by atoms with Gasteiger partial charge in [-0.1, -0.05) is 0 Å². The van der Waals surface area contributed by atoms with Crippen molar-refractivity contribution in [1.82, 2.24) is 0 Å². The SMILES string of the molecule is CCOP(=O)(Cc1cc(C(=O)OC)ccc1[N+](=O)[O-])OCC. The number of benzene rings is 1. The topological polar surface area (TPSA) is 105 Å². The predicted molar refractivity (Wildman–Crippen MR) is 79.0 cm³/mol. The van der Waals surface area contributed by atoms with Crippen LogP contribution in [0.3, 0.4) is 0 Å². The van der Waals surface area contributed by atoms with Crippen molar-refractivity contribution >= 4 is 19.3 Å². The fourth-order valence-corrected chi connectivity index (χ4v) is 3.58. The number of hydrogen-bond acceptors (Lipinski definition) is 7. The molecule has 0 bridgehead atoms. The maximum absolute atomic E-state index is 12.5.